The summed E-state index contributed by atoms with van der Waals surface area (Å²) in [6, 6.07) is 12.8. The van der Waals surface area contributed by atoms with E-state index in [1.807, 2.05) is 17.9 Å². The van der Waals surface area contributed by atoms with Gasteiger partial charge in [0.25, 0.3) is 0 Å². The molecule has 198 valence electrons. The van der Waals surface area contributed by atoms with E-state index in [1.54, 1.807) is 35.8 Å². The van der Waals surface area contributed by atoms with E-state index in [-0.39, 0.29) is 35.4 Å². The predicted molar refractivity (Wildman–Crippen MR) is 145 cm³/mol. The number of aromatic nitrogens is 1. The van der Waals surface area contributed by atoms with Gasteiger partial charge in [0.2, 0.25) is 5.91 Å². The maximum Gasteiger partial charge on any atom is 0.338 e. The number of halogens is 2. The molecule has 3 aromatic rings. The highest BCUT2D eigenvalue weighted by molar-refractivity contribution is 7.99. The van der Waals surface area contributed by atoms with Crippen LogP contribution < -0.4 is 0 Å². The molecule has 0 N–H and O–H groups in total. The zero-order chi connectivity index (χ0) is 27.0. The number of rotatable bonds is 6. The molecular formula is C29H29ClFN3O3S. The lowest BCUT2D eigenvalue weighted by Gasteiger charge is -2.50. The monoisotopic (exact) mass is 553 g/mol. The van der Waals surface area contributed by atoms with Gasteiger partial charge in [-0.15, -0.1) is 0 Å². The Morgan fingerprint density at radius 1 is 1.24 bits per heavy atom. The van der Waals surface area contributed by atoms with Crippen molar-refractivity contribution in [2.75, 3.05) is 19.7 Å². The number of likely N-dealkylation sites (tertiary alicyclic amines) is 1. The molecule has 0 radical (unpaired) electrons. The molecule has 1 aromatic heterocycles. The second-order valence-electron chi connectivity index (χ2n) is 10.2. The van der Waals surface area contributed by atoms with E-state index in [1.165, 1.54) is 17.8 Å². The van der Waals surface area contributed by atoms with Crippen LogP contribution in [0.2, 0.25) is 5.02 Å². The first-order chi connectivity index (χ1) is 18.2. The normalized spacial score (nSPS) is 16.9. The van der Waals surface area contributed by atoms with Crippen molar-refractivity contribution in [1.82, 2.24) is 9.47 Å². The summed E-state index contributed by atoms with van der Waals surface area (Å²) in [5, 5.41) is 9.80. The minimum Gasteiger partial charge on any atom is -0.462 e. The van der Waals surface area contributed by atoms with E-state index in [0.29, 0.717) is 29.6 Å². The number of ether oxygens (including phenoxy) is 1. The molecule has 2 aromatic carbocycles. The van der Waals surface area contributed by atoms with Crippen LogP contribution in [0.5, 0.6) is 0 Å². The van der Waals surface area contributed by atoms with Crippen LogP contribution >= 0.6 is 23.4 Å². The Bertz CT molecular complexity index is 1450. The zero-order valence-corrected chi connectivity index (χ0v) is 23.0. The lowest BCUT2D eigenvalue weighted by molar-refractivity contribution is -0.135. The van der Waals surface area contributed by atoms with Gasteiger partial charge in [0, 0.05) is 39.9 Å². The van der Waals surface area contributed by atoms with Crippen molar-refractivity contribution < 1.29 is 18.7 Å². The minimum atomic E-state index is -0.554. The predicted octanol–water partition coefficient (Wildman–Crippen LogP) is 6.61. The number of carbonyl (C=O) groups is 2. The van der Waals surface area contributed by atoms with Crippen molar-refractivity contribution in [3.05, 3.63) is 58.5 Å². The molecule has 2 heterocycles. The molecule has 1 spiro atoms. The Morgan fingerprint density at radius 3 is 2.66 bits per heavy atom. The molecule has 1 saturated heterocycles. The fourth-order valence-corrected chi connectivity index (χ4v) is 7.02. The Hall–Kier alpha value is -3.02. The number of amides is 1. The zero-order valence-electron chi connectivity index (χ0n) is 21.4. The molecule has 0 atom stereocenters. The molecule has 0 bridgehead atoms. The van der Waals surface area contributed by atoms with Gasteiger partial charge in [0.05, 0.1) is 28.8 Å². The first-order valence-electron chi connectivity index (χ1n) is 12.8. The van der Waals surface area contributed by atoms with Gasteiger partial charge in [-0.2, -0.15) is 5.26 Å². The summed E-state index contributed by atoms with van der Waals surface area (Å²) in [7, 11) is 0. The fraction of sp³-hybridized carbons (Fsp3) is 0.414. The summed E-state index contributed by atoms with van der Waals surface area (Å²) >= 11 is 7.58. The number of esters is 1. The van der Waals surface area contributed by atoms with Crippen molar-refractivity contribution >= 4 is 46.1 Å². The van der Waals surface area contributed by atoms with E-state index in [2.05, 4.69) is 6.07 Å². The molecule has 6 nitrogen and oxygen atoms in total. The average Bonchev–Trinajstić information content (AvgIpc) is 3.16. The number of fused-ring (bicyclic) bond motifs is 1. The van der Waals surface area contributed by atoms with Crippen molar-refractivity contribution in [3.63, 3.8) is 0 Å². The minimum absolute atomic E-state index is 0.00139. The number of hydrogen-bond donors (Lipinski definition) is 0. The third-order valence-corrected chi connectivity index (χ3v) is 9.39. The highest BCUT2D eigenvalue weighted by Gasteiger charge is 2.46. The summed E-state index contributed by atoms with van der Waals surface area (Å²) < 4.78 is 22.2. The Morgan fingerprint density at radius 2 is 1.97 bits per heavy atom. The molecule has 1 saturated carbocycles. The summed E-state index contributed by atoms with van der Waals surface area (Å²) in [5.41, 5.74) is 1.70. The topological polar surface area (TPSA) is 75.3 Å². The maximum absolute atomic E-state index is 15.4. The number of nitrogens with zero attached hydrogens (tertiary/aromatic N) is 3. The number of carbonyl (C=O) groups excluding carboxylic acids is 2. The van der Waals surface area contributed by atoms with E-state index in [0.717, 1.165) is 41.2 Å². The lowest BCUT2D eigenvalue weighted by atomic mass is 9.58. The van der Waals surface area contributed by atoms with Gasteiger partial charge in [-0.1, -0.05) is 29.4 Å². The van der Waals surface area contributed by atoms with Crippen molar-refractivity contribution in [2.24, 2.45) is 11.3 Å². The van der Waals surface area contributed by atoms with Crippen LogP contribution in [0.25, 0.3) is 10.9 Å². The van der Waals surface area contributed by atoms with Gasteiger partial charge in [0.15, 0.2) is 5.82 Å². The van der Waals surface area contributed by atoms with E-state index >= 15 is 4.39 Å². The van der Waals surface area contributed by atoms with Crippen molar-refractivity contribution in [3.8, 4) is 6.07 Å². The van der Waals surface area contributed by atoms with Crippen LogP contribution in [0, 0.1) is 35.4 Å². The number of hydrogen-bond acceptors (Lipinski definition) is 5. The summed E-state index contributed by atoms with van der Waals surface area (Å²) in [4.78, 5) is 29.1. The SMILES string of the molecule is CCOC(=O)c1cccc(Sc2c(C)n(CC(=O)N3CCC4(CC3)CC(C#N)C4)c3c(F)c(Cl)ccc23)c1. The van der Waals surface area contributed by atoms with Gasteiger partial charge < -0.3 is 14.2 Å². The largest absolute Gasteiger partial charge is 0.462 e. The molecule has 2 aliphatic rings. The second-order valence-corrected chi connectivity index (χ2v) is 11.7. The van der Waals surface area contributed by atoms with Crippen LogP contribution in [-0.4, -0.2) is 41.0 Å². The van der Waals surface area contributed by atoms with Crippen LogP contribution in [0.3, 0.4) is 0 Å². The van der Waals surface area contributed by atoms with Gasteiger partial charge >= 0.3 is 5.97 Å². The molecule has 1 amide bonds. The molecule has 1 aliphatic heterocycles. The third kappa shape index (κ3) is 4.90. The highest BCUT2D eigenvalue weighted by atomic mass is 35.5. The Labute approximate surface area is 230 Å². The van der Waals surface area contributed by atoms with E-state index < -0.39 is 11.8 Å². The maximum atomic E-state index is 15.4. The quantitative estimate of drug-likeness (QED) is 0.321. The van der Waals surface area contributed by atoms with Crippen molar-refractivity contribution in [1.29, 1.82) is 5.26 Å². The number of nitriles is 1. The van der Waals surface area contributed by atoms with Crippen LogP contribution in [0.1, 0.15) is 48.7 Å². The van der Waals surface area contributed by atoms with Gasteiger partial charge in [-0.05, 0) is 75.3 Å². The molecule has 0 unspecified atom stereocenters. The first-order valence-corrected chi connectivity index (χ1v) is 14.0. The van der Waals surface area contributed by atoms with Gasteiger partial charge in [-0.25, -0.2) is 9.18 Å². The van der Waals surface area contributed by atoms with E-state index in [9.17, 15) is 9.59 Å². The second kappa shape index (κ2) is 10.6. The standard InChI is InChI=1S/C29H29ClFN3O3S/c1-3-37-28(36)20-5-4-6-21(13-20)38-27-18(2)34(26-22(27)7-8-23(30)25(26)31)17-24(35)33-11-9-29(10-12-33)14-19(15-29)16-32/h4-8,13,19H,3,9-12,14-15,17H2,1-2H3. The summed E-state index contributed by atoms with van der Waals surface area (Å²) in [6.45, 7) is 5.24. The van der Waals surface area contributed by atoms with Crippen LogP contribution in [0.4, 0.5) is 4.39 Å². The molecule has 2 fully saturated rings. The smallest absolute Gasteiger partial charge is 0.338 e. The van der Waals surface area contributed by atoms with Gasteiger partial charge in [0.1, 0.15) is 6.54 Å². The highest BCUT2D eigenvalue weighted by Crippen LogP contribution is 2.52. The summed E-state index contributed by atoms with van der Waals surface area (Å²) in [6.07, 6.45) is 3.66. The summed E-state index contributed by atoms with van der Waals surface area (Å²) in [5.74, 6) is -0.864. The molecular weight excluding hydrogens is 525 g/mol. The molecule has 9 heteroatoms. The Kier molecular flexibility index (Phi) is 7.43. The molecule has 5 rings (SSSR count). The number of benzene rings is 2. The third-order valence-electron chi connectivity index (χ3n) is 7.89. The number of piperidine rings is 1. The van der Waals surface area contributed by atoms with Crippen LogP contribution in [-0.2, 0) is 16.1 Å². The lowest BCUT2D eigenvalue weighted by Crippen LogP contribution is -2.49. The Balaban J connectivity index is 1.41. The van der Waals surface area contributed by atoms with E-state index in [4.69, 9.17) is 21.6 Å². The average molecular weight is 554 g/mol. The van der Waals surface area contributed by atoms with Crippen LogP contribution in [0.15, 0.2) is 46.2 Å². The fourth-order valence-electron chi connectivity index (χ4n) is 5.77. The molecule has 38 heavy (non-hydrogen) atoms. The van der Waals surface area contributed by atoms with Crippen molar-refractivity contribution in [2.45, 2.75) is 55.9 Å². The van der Waals surface area contributed by atoms with Gasteiger partial charge in [-0.3, -0.25) is 4.79 Å². The first kappa shape index (κ1) is 26.6. The molecule has 1 aliphatic carbocycles.